The molecule has 0 aliphatic carbocycles. The zero-order valence-electron chi connectivity index (χ0n) is 15.6. The van der Waals surface area contributed by atoms with Crippen molar-refractivity contribution in [3.05, 3.63) is 0 Å². The fourth-order valence-electron chi connectivity index (χ4n) is 2.58. The van der Waals surface area contributed by atoms with Gasteiger partial charge >= 0.3 is 12.1 Å². The number of nitrogens with zero attached hydrogens (tertiary/aromatic N) is 1. The minimum Gasteiger partial charge on any atom is -0.462 e. The highest BCUT2D eigenvalue weighted by Gasteiger charge is 2.35. The zero-order valence-corrected chi connectivity index (χ0v) is 15.6. The third kappa shape index (κ3) is 15.2. The van der Waals surface area contributed by atoms with Gasteiger partial charge in [0.25, 0.3) is 0 Å². The van der Waals surface area contributed by atoms with E-state index in [4.69, 9.17) is 25.8 Å². The predicted molar refractivity (Wildman–Crippen MR) is 97.0 cm³/mol. The van der Waals surface area contributed by atoms with Gasteiger partial charge in [0.15, 0.2) is 0 Å². The normalized spacial score (nSPS) is 20.3. The van der Waals surface area contributed by atoms with Crippen molar-refractivity contribution < 1.29 is 37.3 Å². The summed E-state index contributed by atoms with van der Waals surface area (Å²) < 4.78 is 42.2. The number of hydrogen-bond acceptors (Lipinski definition) is 6. The molecule has 1 heterocycles. The average Bonchev–Trinajstić information content (AvgIpc) is 2.59. The largest absolute Gasteiger partial charge is 0.462 e. The van der Waals surface area contributed by atoms with E-state index in [2.05, 4.69) is 17.9 Å². The number of ether oxygens (including phenoxy) is 2. The maximum Gasteiger partial charge on any atom is 0.446 e. The lowest BCUT2D eigenvalue weighted by Crippen LogP contribution is -2.48. The standard InChI is InChI=1S/C14H23NO3.C2HF3O.CH4O.CH4/c1-5-6-7-13(17-4)12-10-15(3)9-8-14(12)18-11(2)16;3-2(4,5)1-6;1-2;/h1,12-14H,6-10H2,2-4H3;1H;2H,1H3;1H4. The zero-order chi connectivity index (χ0) is 20.8. The quantitative estimate of drug-likeness (QED) is 0.434. The molecule has 1 aliphatic rings. The highest BCUT2D eigenvalue weighted by Crippen LogP contribution is 2.26. The van der Waals surface area contributed by atoms with Crippen molar-refractivity contribution in [2.75, 3.05) is 34.4 Å². The Bertz CT molecular complexity index is 438. The van der Waals surface area contributed by atoms with Crippen LogP contribution in [0.15, 0.2) is 0 Å². The summed E-state index contributed by atoms with van der Waals surface area (Å²) in [6.07, 6.45) is 1.95. The number of likely N-dealkylation sites (tertiary alicyclic amines) is 1. The Morgan fingerprint density at radius 1 is 1.44 bits per heavy atom. The van der Waals surface area contributed by atoms with E-state index < -0.39 is 12.5 Å². The Labute approximate surface area is 160 Å². The van der Waals surface area contributed by atoms with Crippen LogP contribution in [0.4, 0.5) is 13.2 Å². The van der Waals surface area contributed by atoms with Gasteiger partial charge in [-0.05, 0) is 19.9 Å². The molecule has 1 fully saturated rings. The van der Waals surface area contributed by atoms with E-state index in [-0.39, 0.29) is 31.5 Å². The monoisotopic (exact) mass is 399 g/mol. The molecule has 6 nitrogen and oxygen atoms in total. The van der Waals surface area contributed by atoms with Gasteiger partial charge in [0.05, 0.1) is 6.10 Å². The maximum absolute atomic E-state index is 11.2. The van der Waals surface area contributed by atoms with Gasteiger partial charge in [-0.1, -0.05) is 7.43 Å². The molecule has 160 valence electrons. The Balaban J connectivity index is -0.000000547. The smallest absolute Gasteiger partial charge is 0.446 e. The molecule has 0 radical (unpaired) electrons. The number of halogens is 3. The second-order valence-electron chi connectivity index (χ2n) is 5.54. The fourth-order valence-corrected chi connectivity index (χ4v) is 2.58. The summed E-state index contributed by atoms with van der Waals surface area (Å²) in [5.74, 6) is 2.62. The van der Waals surface area contributed by atoms with Crippen LogP contribution in [-0.2, 0) is 19.1 Å². The number of terminal acetylenes is 1. The molecular formula is C18H32F3NO5. The summed E-state index contributed by atoms with van der Waals surface area (Å²) >= 11 is 0. The van der Waals surface area contributed by atoms with Gasteiger partial charge in [0, 0.05) is 46.6 Å². The number of piperidine rings is 1. The molecule has 0 bridgehead atoms. The van der Waals surface area contributed by atoms with E-state index in [0.717, 1.165) is 33.0 Å². The van der Waals surface area contributed by atoms with E-state index in [0.29, 0.717) is 6.42 Å². The van der Waals surface area contributed by atoms with Crippen LogP contribution >= 0.6 is 0 Å². The van der Waals surface area contributed by atoms with Crippen LogP contribution in [0.1, 0.15) is 33.6 Å². The van der Waals surface area contributed by atoms with Gasteiger partial charge in [-0.15, -0.1) is 12.3 Å². The second-order valence-corrected chi connectivity index (χ2v) is 5.54. The average molecular weight is 399 g/mol. The van der Waals surface area contributed by atoms with Gasteiger partial charge in [0.1, 0.15) is 6.10 Å². The first-order chi connectivity index (χ1) is 12.1. The molecule has 3 atom stereocenters. The molecule has 0 saturated carbocycles. The lowest BCUT2D eigenvalue weighted by atomic mass is 9.87. The lowest BCUT2D eigenvalue weighted by Gasteiger charge is -2.39. The maximum atomic E-state index is 11.2. The molecule has 1 saturated heterocycles. The van der Waals surface area contributed by atoms with Crippen LogP contribution in [0.25, 0.3) is 0 Å². The number of hydrogen-bond donors (Lipinski definition) is 1. The second kappa shape index (κ2) is 16.5. The minimum absolute atomic E-state index is 0. The molecule has 27 heavy (non-hydrogen) atoms. The van der Waals surface area contributed by atoms with Crippen molar-refractivity contribution in [3.8, 4) is 12.3 Å². The number of carbonyl (C=O) groups excluding carboxylic acids is 2. The van der Waals surface area contributed by atoms with Crippen molar-refractivity contribution >= 4 is 12.3 Å². The van der Waals surface area contributed by atoms with Gasteiger partial charge in [0.2, 0.25) is 6.29 Å². The Morgan fingerprint density at radius 3 is 2.33 bits per heavy atom. The number of aliphatic hydroxyl groups excluding tert-OH is 1. The fraction of sp³-hybridized carbons (Fsp3) is 0.778. The Morgan fingerprint density at radius 2 is 1.96 bits per heavy atom. The lowest BCUT2D eigenvalue weighted by molar-refractivity contribution is -0.156. The SMILES string of the molecule is C.C#CCCC(OC)C1CN(C)CCC1OC(C)=O.CO.O=CC(F)(F)F. The Hall–Kier alpha value is -1.63. The third-order valence-electron chi connectivity index (χ3n) is 3.60. The van der Waals surface area contributed by atoms with Crippen molar-refractivity contribution in [1.82, 2.24) is 4.90 Å². The molecule has 1 aliphatic heterocycles. The van der Waals surface area contributed by atoms with E-state index >= 15 is 0 Å². The number of esters is 1. The molecule has 0 amide bonds. The minimum atomic E-state index is -4.64. The van der Waals surface area contributed by atoms with Crippen molar-refractivity contribution in [3.63, 3.8) is 0 Å². The number of aliphatic hydroxyl groups is 1. The van der Waals surface area contributed by atoms with Crippen molar-refractivity contribution in [2.24, 2.45) is 5.92 Å². The molecule has 0 aromatic rings. The van der Waals surface area contributed by atoms with E-state index in [1.54, 1.807) is 7.11 Å². The van der Waals surface area contributed by atoms with E-state index in [9.17, 15) is 18.0 Å². The molecular weight excluding hydrogens is 367 g/mol. The van der Waals surface area contributed by atoms with E-state index in [1.807, 2.05) is 0 Å². The topological polar surface area (TPSA) is 76.1 Å². The molecule has 0 aromatic heterocycles. The summed E-state index contributed by atoms with van der Waals surface area (Å²) in [4.78, 5) is 22.1. The first-order valence-electron chi connectivity index (χ1n) is 7.94. The third-order valence-corrected chi connectivity index (χ3v) is 3.60. The number of aldehydes is 1. The number of carbonyl (C=O) groups is 2. The van der Waals surface area contributed by atoms with Gasteiger partial charge in [-0.25, -0.2) is 0 Å². The van der Waals surface area contributed by atoms with Gasteiger partial charge < -0.3 is 19.5 Å². The van der Waals surface area contributed by atoms with Crippen LogP contribution in [0, 0.1) is 18.3 Å². The van der Waals surface area contributed by atoms with Crippen LogP contribution in [-0.4, -0.2) is 75.0 Å². The van der Waals surface area contributed by atoms with Crippen LogP contribution < -0.4 is 0 Å². The first kappa shape index (κ1) is 30.1. The van der Waals surface area contributed by atoms with Crippen LogP contribution in [0.2, 0.25) is 0 Å². The molecule has 3 unspecified atom stereocenters. The van der Waals surface area contributed by atoms with Crippen LogP contribution in [0.3, 0.4) is 0 Å². The number of methoxy groups -OCH3 is 1. The summed E-state index contributed by atoms with van der Waals surface area (Å²) in [7, 11) is 4.77. The summed E-state index contributed by atoms with van der Waals surface area (Å²) in [6.45, 7) is 3.28. The van der Waals surface area contributed by atoms with Crippen molar-refractivity contribution in [2.45, 2.75) is 52.0 Å². The summed E-state index contributed by atoms with van der Waals surface area (Å²) in [5.41, 5.74) is 0. The summed E-state index contributed by atoms with van der Waals surface area (Å²) in [6, 6.07) is 0. The van der Waals surface area contributed by atoms with Crippen molar-refractivity contribution in [1.29, 1.82) is 0 Å². The summed E-state index contributed by atoms with van der Waals surface area (Å²) in [5, 5.41) is 7.00. The highest BCUT2D eigenvalue weighted by molar-refractivity contribution is 5.66. The van der Waals surface area contributed by atoms with Gasteiger partial charge in [-0.3, -0.25) is 9.59 Å². The molecule has 1 rings (SSSR count). The number of alkyl halides is 3. The highest BCUT2D eigenvalue weighted by atomic mass is 19.4. The van der Waals surface area contributed by atoms with Crippen LogP contribution in [0.5, 0.6) is 0 Å². The van der Waals surface area contributed by atoms with E-state index in [1.165, 1.54) is 6.92 Å². The number of rotatable bonds is 5. The molecule has 0 aromatic carbocycles. The molecule has 9 heteroatoms. The first-order valence-corrected chi connectivity index (χ1v) is 7.94. The predicted octanol–water partition coefficient (Wildman–Crippen LogP) is 2.29. The van der Waals surface area contributed by atoms with Gasteiger partial charge in [-0.2, -0.15) is 13.2 Å². The molecule has 1 N–H and O–H groups in total. The Kier molecular flexibility index (Phi) is 18.4. The molecule has 0 spiro atoms.